The van der Waals surface area contributed by atoms with E-state index < -0.39 is 12.1 Å². The summed E-state index contributed by atoms with van der Waals surface area (Å²) in [4.78, 5) is 37.7. The van der Waals surface area contributed by atoms with Crippen molar-refractivity contribution in [2.75, 3.05) is 13.2 Å². The van der Waals surface area contributed by atoms with Crippen molar-refractivity contribution in [3.05, 3.63) is 60.8 Å². The summed E-state index contributed by atoms with van der Waals surface area (Å²) in [5, 5.41) is 0. The van der Waals surface area contributed by atoms with Crippen LogP contribution in [0.15, 0.2) is 60.8 Å². The monoisotopic (exact) mass is 769 g/mol. The van der Waals surface area contributed by atoms with E-state index in [1.807, 2.05) is 12.2 Å². The first kappa shape index (κ1) is 52.1. The average Bonchev–Trinajstić information content (AvgIpc) is 3.18. The van der Waals surface area contributed by atoms with Gasteiger partial charge in [-0.25, -0.2) is 0 Å². The molecule has 0 amide bonds. The van der Waals surface area contributed by atoms with Gasteiger partial charge in [0, 0.05) is 19.3 Å². The molecule has 0 saturated carbocycles. The maximum Gasteiger partial charge on any atom is 0.306 e. The fourth-order valence-corrected chi connectivity index (χ4v) is 6.10. The molecule has 316 valence electrons. The quantitative estimate of drug-likeness (QED) is 0.0267. The number of hydrogen-bond donors (Lipinski definition) is 0. The second-order valence-electron chi connectivity index (χ2n) is 14.9. The normalized spacial score (nSPS) is 12.6. The number of allylic oxidation sites excluding steroid dienone is 10. The van der Waals surface area contributed by atoms with Gasteiger partial charge >= 0.3 is 17.9 Å². The highest BCUT2D eigenvalue weighted by Gasteiger charge is 2.19. The van der Waals surface area contributed by atoms with E-state index in [4.69, 9.17) is 14.2 Å². The van der Waals surface area contributed by atoms with Crippen LogP contribution in [0.1, 0.15) is 213 Å². The Bertz CT molecular complexity index is 1020. The van der Waals surface area contributed by atoms with Crippen LogP contribution in [0.5, 0.6) is 0 Å². The molecule has 0 N–H and O–H groups in total. The standard InChI is InChI=1S/C49H84O6/c1-4-7-10-13-16-19-22-24-26-27-30-33-36-39-42-48(51)54-45-46(44-53-47(50)41-38-35-32-29-21-18-15-12-9-6-3)55-49(52)43-40-37-34-31-28-25-23-20-17-14-11-8-5-2/h8,11-12,15,17,20,25,28,34,37,46H,4-7,9-10,13-14,16,18-19,21-24,26-27,29-33,35-36,38-45H2,1-3H3/b11-8-,15-12-,20-17-,28-25-,37-34-. The van der Waals surface area contributed by atoms with Crippen LogP contribution in [0.25, 0.3) is 0 Å². The molecule has 0 aliphatic heterocycles. The van der Waals surface area contributed by atoms with Crippen molar-refractivity contribution >= 4 is 17.9 Å². The first-order valence-corrected chi connectivity index (χ1v) is 22.8. The van der Waals surface area contributed by atoms with Gasteiger partial charge in [0.2, 0.25) is 0 Å². The van der Waals surface area contributed by atoms with E-state index in [1.165, 1.54) is 83.5 Å². The van der Waals surface area contributed by atoms with Crippen LogP contribution in [0, 0.1) is 0 Å². The number of carbonyl (C=O) groups excluding carboxylic acids is 3. The van der Waals surface area contributed by atoms with Gasteiger partial charge in [-0.05, 0) is 64.2 Å². The zero-order valence-corrected chi connectivity index (χ0v) is 35.9. The molecule has 0 aromatic rings. The molecule has 0 aromatic heterocycles. The van der Waals surface area contributed by atoms with Crippen LogP contribution in [0.4, 0.5) is 0 Å². The van der Waals surface area contributed by atoms with Crippen molar-refractivity contribution in [3.8, 4) is 0 Å². The number of ether oxygens (including phenoxy) is 3. The van der Waals surface area contributed by atoms with E-state index in [1.54, 1.807) is 0 Å². The van der Waals surface area contributed by atoms with Crippen LogP contribution < -0.4 is 0 Å². The molecule has 0 aliphatic carbocycles. The molecule has 55 heavy (non-hydrogen) atoms. The zero-order chi connectivity index (χ0) is 40.1. The Morgan fingerprint density at radius 3 is 1.25 bits per heavy atom. The molecule has 1 atom stereocenters. The predicted octanol–water partition coefficient (Wildman–Crippen LogP) is 14.5. The summed E-state index contributed by atoms with van der Waals surface area (Å²) < 4.78 is 16.6. The van der Waals surface area contributed by atoms with Crippen molar-refractivity contribution < 1.29 is 28.6 Å². The maximum atomic E-state index is 12.7. The molecular formula is C49H84O6. The first-order valence-electron chi connectivity index (χ1n) is 22.8. The fraction of sp³-hybridized carbons (Fsp3) is 0.735. The minimum Gasteiger partial charge on any atom is -0.462 e. The minimum absolute atomic E-state index is 0.104. The Hall–Kier alpha value is -2.89. The van der Waals surface area contributed by atoms with Crippen LogP contribution in [-0.2, 0) is 28.6 Å². The van der Waals surface area contributed by atoms with Crippen LogP contribution in [0.2, 0.25) is 0 Å². The van der Waals surface area contributed by atoms with Gasteiger partial charge < -0.3 is 14.2 Å². The molecule has 0 aliphatic rings. The van der Waals surface area contributed by atoms with Gasteiger partial charge in [0.05, 0.1) is 0 Å². The lowest BCUT2D eigenvalue weighted by atomic mass is 10.0. The molecule has 0 aromatic carbocycles. The summed E-state index contributed by atoms with van der Waals surface area (Å²) in [6, 6.07) is 0. The van der Waals surface area contributed by atoms with E-state index >= 15 is 0 Å². The Morgan fingerprint density at radius 2 is 0.782 bits per heavy atom. The Kier molecular flexibility index (Phi) is 41.5. The van der Waals surface area contributed by atoms with Crippen molar-refractivity contribution in [1.29, 1.82) is 0 Å². The number of carbonyl (C=O) groups is 3. The molecule has 0 heterocycles. The summed E-state index contributed by atoms with van der Waals surface area (Å²) in [7, 11) is 0. The third kappa shape index (κ3) is 42.1. The Balaban J connectivity index is 4.46. The van der Waals surface area contributed by atoms with E-state index in [0.29, 0.717) is 19.3 Å². The largest absolute Gasteiger partial charge is 0.462 e. The van der Waals surface area contributed by atoms with Gasteiger partial charge in [-0.2, -0.15) is 0 Å². The molecular weight excluding hydrogens is 685 g/mol. The number of hydrogen-bond acceptors (Lipinski definition) is 6. The molecule has 0 radical (unpaired) electrons. The zero-order valence-electron chi connectivity index (χ0n) is 35.9. The molecule has 0 fully saturated rings. The molecule has 0 rings (SSSR count). The van der Waals surface area contributed by atoms with Crippen LogP contribution in [0.3, 0.4) is 0 Å². The van der Waals surface area contributed by atoms with Crippen molar-refractivity contribution in [3.63, 3.8) is 0 Å². The minimum atomic E-state index is -0.810. The smallest absolute Gasteiger partial charge is 0.306 e. The Labute approximate surface area is 339 Å². The third-order valence-corrected chi connectivity index (χ3v) is 9.50. The maximum absolute atomic E-state index is 12.7. The highest BCUT2D eigenvalue weighted by Crippen LogP contribution is 2.14. The second-order valence-corrected chi connectivity index (χ2v) is 14.9. The lowest BCUT2D eigenvalue weighted by molar-refractivity contribution is -0.166. The fourth-order valence-electron chi connectivity index (χ4n) is 6.10. The highest BCUT2D eigenvalue weighted by atomic mass is 16.6. The molecule has 6 heteroatoms. The highest BCUT2D eigenvalue weighted by molar-refractivity contribution is 5.71. The molecule has 1 unspecified atom stereocenters. The molecule has 0 spiro atoms. The van der Waals surface area contributed by atoms with Crippen molar-refractivity contribution in [1.82, 2.24) is 0 Å². The first-order chi connectivity index (χ1) is 27.0. The topological polar surface area (TPSA) is 78.9 Å². The summed E-state index contributed by atoms with van der Waals surface area (Å²) in [6.45, 7) is 6.38. The lowest BCUT2D eigenvalue weighted by Gasteiger charge is -2.18. The van der Waals surface area contributed by atoms with Gasteiger partial charge in [-0.3, -0.25) is 14.4 Å². The summed E-state index contributed by atoms with van der Waals surface area (Å²) in [5.74, 6) is -1.000. The van der Waals surface area contributed by atoms with E-state index in [9.17, 15) is 14.4 Å². The number of rotatable bonds is 40. The number of esters is 3. The van der Waals surface area contributed by atoms with Gasteiger partial charge in [0.15, 0.2) is 6.10 Å². The van der Waals surface area contributed by atoms with Crippen molar-refractivity contribution in [2.45, 2.75) is 219 Å². The lowest BCUT2D eigenvalue weighted by Crippen LogP contribution is -2.30. The van der Waals surface area contributed by atoms with Crippen LogP contribution >= 0.6 is 0 Å². The van der Waals surface area contributed by atoms with Crippen molar-refractivity contribution in [2.24, 2.45) is 0 Å². The molecule has 0 saturated heterocycles. The van der Waals surface area contributed by atoms with Crippen LogP contribution in [-0.4, -0.2) is 37.2 Å². The summed E-state index contributed by atoms with van der Waals surface area (Å²) in [6.07, 6.45) is 52.2. The van der Waals surface area contributed by atoms with Gasteiger partial charge in [-0.15, -0.1) is 0 Å². The summed E-state index contributed by atoms with van der Waals surface area (Å²) >= 11 is 0. The second kappa shape index (κ2) is 43.8. The predicted molar refractivity (Wildman–Crippen MR) is 233 cm³/mol. The van der Waals surface area contributed by atoms with E-state index in [0.717, 1.165) is 83.5 Å². The Morgan fingerprint density at radius 1 is 0.382 bits per heavy atom. The number of unbranched alkanes of at least 4 members (excludes halogenated alkanes) is 19. The molecule has 6 nitrogen and oxygen atoms in total. The average molecular weight is 769 g/mol. The SMILES string of the molecule is CC/C=C\C/C=C\C/C=C\C/C=C\CCC(=O)OC(COC(=O)CCCCCCC/C=C\CCC)COC(=O)CCCCCCCCCCCCCCCC. The van der Waals surface area contributed by atoms with E-state index in [2.05, 4.69) is 69.4 Å². The van der Waals surface area contributed by atoms with Gasteiger partial charge in [0.25, 0.3) is 0 Å². The molecule has 0 bridgehead atoms. The summed E-state index contributed by atoms with van der Waals surface area (Å²) in [5.41, 5.74) is 0. The van der Waals surface area contributed by atoms with Gasteiger partial charge in [0.1, 0.15) is 13.2 Å². The van der Waals surface area contributed by atoms with E-state index in [-0.39, 0.29) is 31.6 Å². The van der Waals surface area contributed by atoms with Gasteiger partial charge in [-0.1, -0.05) is 191 Å². The third-order valence-electron chi connectivity index (χ3n) is 9.50.